The molecule has 2 amide bonds. The van der Waals surface area contributed by atoms with Gasteiger partial charge in [0.25, 0.3) is 11.5 Å². The third-order valence-corrected chi connectivity index (χ3v) is 7.65. The number of nitrogens with one attached hydrogen (secondary N) is 1. The summed E-state index contributed by atoms with van der Waals surface area (Å²) >= 11 is 6.34. The Morgan fingerprint density at radius 3 is 2.33 bits per heavy atom. The largest absolute Gasteiger partial charge is 0.444 e. The highest BCUT2D eigenvalue weighted by Crippen LogP contribution is 2.31. The van der Waals surface area contributed by atoms with Crippen molar-refractivity contribution in [1.29, 1.82) is 0 Å². The van der Waals surface area contributed by atoms with Gasteiger partial charge >= 0.3 is 6.09 Å². The van der Waals surface area contributed by atoms with Crippen LogP contribution in [-0.4, -0.2) is 45.1 Å². The van der Waals surface area contributed by atoms with Crippen molar-refractivity contribution >= 4 is 34.5 Å². The van der Waals surface area contributed by atoms with Gasteiger partial charge in [-0.3, -0.25) is 14.2 Å². The maximum absolute atomic E-state index is 14.3. The summed E-state index contributed by atoms with van der Waals surface area (Å²) in [6, 6.07) is 21.8. The number of alkyl carbamates (subject to hydrolysis) is 1. The number of aryl methyl sites for hydroxylation is 1. The molecule has 1 heterocycles. The molecule has 0 aliphatic carbocycles. The molecule has 0 aliphatic heterocycles. The summed E-state index contributed by atoms with van der Waals surface area (Å²) in [5.74, 6) is 0.256. The van der Waals surface area contributed by atoms with E-state index in [-0.39, 0.29) is 17.4 Å². The third kappa shape index (κ3) is 8.94. The monoisotopic (exact) mass is 630 g/mol. The Bertz CT molecular complexity index is 1680. The highest BCUT2D eigenvalue weighted by Gasteiger charge is 2.33. The van der Waals surface area contributed by atoms with E-state index in [0.717, 1.165) is 11.1 Å². The second-order valence-corrected chi connectivity index (χ2v) is 13.1. The minimum absolute atomic E-state index is 0.0927. The van der Waals surface area contributed by atoms with E-state index >= 15 is 0 Å². The molecule has 0 spiro atoms. The summed E-state index contributed by atoms with van der Waals surface area (Å²) in [7, 11) is 0. The van der Waals surface area contributed by atoms with Crippen LogP contribution in [0, 0.1) is 12.8 Å². The number of hydrogen-bond acceptors (Lipinski definition) is 5. The van der Waals surface area contributed by atoms with E-state index in [9.17, 15) is 14.4 Å². The summed E-state index contributed by atoms with van der Waals surface area (Å²) in [6.45, 7) is 12.6. The average Bonchev–Trinajstić information content (AvgIpc) is 2.97. The zero-order valence-corrected chi connectivity index (χ0v) is 27.7. The lowest BCUT2D eigenvalue weighted by Gasteiger charge is -2.35. The van der Waals surface area contributed by atoms with Crippen molar-refractivity contribution in [2.24, 2.45) is 5.92 Å². The van der Waals surface area contributed by atoms with E-state index in [4.69, 9.17) is 21.3 Å². The molecule has 1 aromatic heterocycles. The Labute approximate surface area is 270 Å². The first kappa shape index (κ1) is 33.7. The molecule has 0 bridgehead atoms. The van der Waals surface area contributed by atoms with Gasteiger partial charge in [-0.05, 0) is 82.3 Å². The maximum Gasteiger partial charge on any atom is 0.407 e. The first-order chi connectivity index (χ1) is 21.3. The molecule has 1 atom stereocenters. The Balaban J connectivity index is 1.75. The number of carbonyl (C=O) groups is 2. The van der Waals surface area contributed by atoms with Crippen LogP contribution in [0.15, 0.2) is 77.6 Å². The number of ether oxygens (including phenoxy) is 1. The van der Waals surface area contributed by atoms with Crippen molar-refractivity contribution < 1.29 is 14.3 Å². The second kappa shape index (κ2) is 14.7. The minimum atomic E-state index is -0.585. The van der Waals surface area contributed by atoms with Crippen LogP contribution in [0.5, 0.6) is 0 Å². The molecule has 0 aliphatic rings. The maximum atomic E-state index is 14.3. The van der Waals surface area contributed by atoms with E-state index in [1.807, 2.05) is 101 Å². The van der Waals surface area contributed by atoms with Crippen molar-refractivity contribution in [3.8, 4) is 0 Å². The second-order valence-electron chi connectivity index (χ2n) is 12.7. The third-order valence-electron chi connectivity index (χ3n) is 7.42. The van der Waals surface area contributed by atoms with E-state index in [2.05, 4.69) is 5.32 Å². The van der Waals surface area contributed by atoms with Crippen LogP contribution in [0.4, 0.5) is 4.79 Å². The SMILES string of the molecule is Cc1ccc(C(=O)N(CCCCNC(=O)OC(C)(C)C)[C@@H](c2nc3cc(Cl)ccc3c(=O)n2Cc2ccccc2)C(C)C)cc1. The molecule has 3 aromatic carbocycles. The number of rotatable bonds is 11. The van der Waals surface area contributed by atoms with Gasteiger partial charge < -0.3 is 15.0 Å². The van der Waals surface area contributed by atoms with E-state index in [1.54, 1.807) is 22.8 Å². The first-order valence-corrected chi connectivity index (χ1v) is 15.8. The molecule has 1 N–H and O–H groups in total. The number of aromatic nitrogens is 2. The highest BCUT2D eigenvalue weighted by molar-refractivity contribution is 6.31. The van der Waals surface area contributed by atoms with Crippen LogP contribution in [0.25, 0.3) is 10.9 Å². The zero-order chi connectivity index (χ0) is 32.7. The molecule has 0 saturated heterocycles. The summed E-state index contributed by atoms with van der Waals surface area (Å²) in [4.78, 5) is 47.4. The van der Waals surface area contributed by atoms with Crippen LogP contribution in [0.3, 0.4) is 0 Å². The molecule has 0 radical (unpaired) electrons. The minimum Gasteiger partial charge on any atom is -0.444 e. The summed E-state index contributed by atoms with van der Waals surface area (Å²) in [5, 5.41) is 3.74. The molecule has 4 rings (SSSR count). The topological polar surface area (TPSA) is 93.5 Å². The van der Waals surface area contributed by atoms with Gasteiger partial charge in [-0.1, -0.05) is 73.5 Å². The van der Waals surface area contributed by atoms with E-state index < -0.39 is 17.7 Å². The Kier molecular flexibility index (Phi) is 11.0. The number of benzene rings is 3. The Morgan fingerprint density at radius 1 is 1.00 bits per heavy atom. The van der Waals surface area contributed by atoms with Crippen molar-refractivity contribution in [2.75, 3.05) is 13.1 Å². The standard InChI is InChI=1S/C36H43ClN4O4/c1-24(2)31(32-39-30-22-28(37)18-19-29(30)34(43)41(32)23-26-12-8-7-9-13-26)40(33(42)27-16-14-25(3)15-17-27)21-11-10-20-38-35(44)45-36(4,5)6/h7-9,12-19,22,24,31H,10-11,20-21,23H2,1-6H3,(H,38,44)/t31-/m1/s1. The first-order valence-electron chi connectivity index (χ1n) is 15.4. The fraction of sp³-hybridized carbons (Fsp3) is 0.389. The molecule has 9 heteroatoms. The fourth-order valence-electron chi connectivity index (χ4n) is 5.29. The van der Waals surface area contributed by atoms with Gasteiger partial charge in [0.05, 0.1) is 23.5 Å². The smallest absolute Gasteiger partial charge is 0.407 e. The lowest BCUT2D eigenvalue weighted by Crippen LogP contribution is -2.42. The van der Waals surface area contributed by atoms with Crippen molar-refractivity contribution in [2.45, 2.75) is 72.6 Å². The Morgan fingerprint density at radius 2 is 1.69 bits per heavy atom. The summed E-state index contributed by atoms with van der Waals surface area (Å²) < 4.78 is 7.04. The lowest BCUT2D eigenvalue weighted by molar-refractivity contribution is 0.0519. The van der Waals surface area contributed by atoms with Crippen LogP contribution in [0.1, 0.15) is 80.8 Å². The molecule has 4 aromatic rings. The molecular formula is C36H43ClN4O4. The normalized spacial score (nSPS) is 12.3. The van der Waals surface area contributed by atoms with Gasteiger partial charge in [-0.25, -0.2) is 9.78 Å². The van der Waals surface area contributed by atoms with E-state index in [1.165, 1.54) is 0 Å². The number of nitrogens with zero attached hydrogens (tertiary/aromatic N) is 3. The van der Waals surface area contributed by atoms with Gasteiger partial charge in [0.15, 0.2) is 0 Å². The number of amides is 2. The van der Waals surface area contributed by atoms with Crippen LogP contribution >= 0.6 is 11.6 Å². The van der Waals surface area contributed by atoms with Crippen molar-refractivity contribution in [1.82, 2.24) is 19.8 Å². The van der Waals surface area contributed by atoms with Crippen molar-refractivity contribution in [3.63, 3.8) is 0 Å². The number of carbonyl (C=O) groups excluding carboxylic acids is 2. The number of hydrogen-bond donors (Lipinski definition) is 1. The zero-order valence-electron chi connectivity index (χ0n) is 27.0. The molecule has 45 heavy (non-hydrogen) atoms. The lowest BCUT2D eigenvalue weighted by atomic mass is 9.98. The predicted molar refractivity (Wildman–Crippen MR) is 180 cm³/mol. The Hall–Kier alpha value is -4.17. The molecule has 0 saturated carbocycles. The summed E-state index contributed by atoms with van der Waals surface area (Å²) in [6.07, 6.45) is 0.761. The predicted octanol–water partition coefficient (Wildman–Crippen LogP) is 7.55. The fourth-order valence-corrected chi connectivity index (χ4v) is 5.46. The number of fused-ring (bicyclic) bond motifs is 1. The van der Waals surface area contributed by atoms with Crippen LogP contribution in [0.2, 0.25) is 5.02 Å². The molecule has 0 fully saturated rings. The van der Waals surface area contributed by atoms with Gasteiger partial charge in [-0.15, -0.1) is 0 Å². The van der Waals surface area contributed by atoms with Crippen LogP contribution in [-0.2, 0) is 11.3 Å². The van der Waals surface area contributed by atoms with Gasteiger partial charge in [0, 0.05) is 23.7 Å². The van der Waals surface area contributed by atoms with Gasteiger partial charge in [0.2, 0.25) is 0 Å². The molecule has 0 unspecified atom stereocenters. The van der Waals surface area contributed by atoms with Crippen LogP contribution < -0.4 is 10.9 Å². The number of unbranched alkanes of at least 4 members (excludes halogenated alkanes) is 1. The van der Waals surface area contributed by atoms with E-state index in [0.29, 0.717) is 59.8 Å². The van der Waals surface area contributed by atoms with Gasteiger partial charge in [-0.2, -0.15) is 0 Å². The average molecular weight is 631 g/mol. The summed E-state index contributed by atoms with van der Waals surface area (Å²) in [5.41, 5.74) is 2.27. The molecule has 8 nitrogen and oxygen atoms in total. The number of halogens is 1. The van der Waals surface area contributed by atoms with Crippen molar-refractivity contribution in [3.05, 3.63) is 111 Å². The molecular weight excluding hydrogens is 588 g/mol. The van der Waals surface area contributed by atoms with Gasteiger partial charge in [0.1, 0.15) is 11.4 Å². The molecule has 238 valence electrons. The quantitative estimate of drug-likeness (QED) is 0.173. The highest BCUT2D eigenvalue weighted by atomic mass is 35.5.